The number of hydrogen-bond acceptors (Lipinski definition) is 13. The van der Waals surface area contributed by atoms with Gasteiger partial charge in [-0.15, -0.1) is 5.06 Å². The van der Waals surface area contributed by atoms with Crippen molar-refractivity contribution in [1.82, 2.24) is 5.06 Å². The Kier molecular flexibility index (Phi) is 19.7. The first-order valence-corrected chi connectivity index (χ1v) is 26.4. The van der Waals surface area contributed by atoms with Crippen LogP contribution < -0.4 is 9.64 Å². The fourth-order valence-electron chi connectivity index (χ4n) is 9.30. The molecule has 0 saturated carbocycles. The molecule has 0 bridgehead atoms. The standard InChI is InChI=1S/C53H65N3O13S.C2H6/c1-37-36-52(2,3)55(21-22-64-25-26-66-29-30-67-28-27-65-24-23-63-6)45-35-47-42(34-41(37)45)39(31-46(68-47)38-13-9-7-10-14-38)32-48-53(4,5)43-33-40(70(60,61)62)16-17-44(43)54(48)20-12-8-11-15-51(59)69-56-49(57)18-19-50(56)58;1-2/h7,9-10,13-14,16-17,31-36H,8,11-12,15,18-30H2,1-6H3;1-2H3/p+1. The molecule has 0 atom stereocenters. The Morgan fingerprint density at radius 3 is 2.06 bits per heavy atom. The monoisotopic (exact) mass is 1010 g/mol. The van der Waals surface area contributed by atoms with Crippen LogP contribution in [0.2, 0.25) is 0 Å². The Bertz CT molecular complexity index is 2640. The first-order chi connectivity index (χ1) is 34.5. The van der Waals surface area contributed by atoms with Crippen molar-refractivity contribution in [2.24, 2.45) is 0 Å². The molecule has 0 spiro atoms. The van der Waals surface area contributed by atoms with Gasteiger partial charge in [0.05, 0.1) is 75.3 Å². The quantitative estimate of drug-likeness (QED) is 0.0368. The number of amides is 2. The topological polar surface area (TPSA) is 180 Å². The number of allylic oxidation sites excluding steroid dienone is 4. The zero-order chi connectivity index (χ0) is 52.1. The molecule has 72 heavy (non-hydrogen) atoms. The lowest BCUT2D eigenvalue weighted by molar-refractivity contribution is -0.438. The second-order valence-electron chi connectivity index (χ2n) is 18.7. The van der Waals surface area contributed by atoms with Crippen molar-refractivity contribution in [3.63, 3.8) is 0 Å². The number of ether oxygens (including phenoxy) is 6. The van der Waals surface area contributed by atoms with Crippen LogP contribution in [0.1, 0.15) is 109 Å². The molecule has 0 unspecified atom stereocenters. The summed E-state index contributed by atoms with van der Waals surface area (Å²) >= 11 is 0. The van der Waals surface area contributed by atoms with Gasteiger partial charge in [-0.1, -0.05) is 50.3 Å². The van der Waals surface area contributed by atoms with Crippen LogP contribution in [-0.2, 0) is 58.4 Å². The first-order valence-electron chi connectivity index (χ1n) is 25.0. The van der Waals surface area contributed by atoms with E-state index in [1.807, 2.05) is 64.1 Å². The van der Waals surface area contributed by atoms with Crippen molar-refractivity contribution in [2.45, 2.75) is 103 Å². The van der Waals surface area contributed by atoms with Crippen molar-refractivity contribution in [1.29, 1.82) is 0 Å². The lowest BCUT2D eigenvalue weighted by Crippen LogP contribution is -2.47. The fraction of sp³-hybridized carbons (Fsp3) is 0.491. The van der Waals surface area contributed by atoms with Gasteiger partial charge in [0.2, 0.25) is 5.69 Å². The predicted molar refractivity (Wildman–Crippen MR) is 276 cm³/mol. The molecule has 1 saturated heterocycles. The number of anilines is 1. The number of nitrogens with zero attached hydrogens (tertiary/aromatic N) is 3. The number of unbranched alkanes of at least 4 members (excludes halogenated alkanes) is 2. The lowest BCUT2D eigenvalue weighted by atomic mass is 9.80. The molecule has 1 fully saturated rings. The van der Waals surface area contributed by atoms with E-state index in [0.717, 1.165) is 50.5 Å². The number of imide groups is 1. The van der Waals surface area contributed by atoms with Crippen LogP contribution >= 0.6 is 0 Å². The Morgan fingerprint density at radius 2 is 1.43 bits per heavy atom. The zero-order valence-electron chi connectivity index (χ0n) is 43.1. The summed E-state index contributed by atoms with van der Waals surface area (Å²) in [5, 5.41) is 0.566. The number of rotatable bonds is 25. The predicted octanol–water partition coefficient (Wildman–Crippen LogP) is 8.74. The van der Waals surface area contributed by atoms with Crippen LogP contribution in [0.25, 0.3) is 16.9 Å². The minimum atomic E-state index is -4.50. The summed E-state index contributed by atoms with van der Waals surface area (Å²) in [6, 6.07) is 18.9. The van der Waals surface area contributed by atoms with E-state index in [1.54, 1.807) is 19.2 Å². The summed E-state index contributed by atoms with van der Waals surface area (Å²) in [5.74, 6) is -0.345. The first kappa shape index (κ1) is 55.8. The van der Waals surface area contributed by atoms with E-state index in [1.165, 1.54) is 6.07 Å². The van der Waals surface area contributed by atoms with Crippen LogP contribution in [0, 0.1) is 0 Å². The molecule has 7 rings (SSSR count). The van der Waals surface area contributed by atoms with Gasteiger partial charge in [-0.3, -0.25) is 14.1 Å². The van der Waals surface area contributed by atoms with Crippen molar-refractivity contribution in [2.75, 3.05) is 84.6 Å². The van der Waals surface area contributed by atoms with Gasteiger partial charge in [-0.25, -0.2) is 4.79 Å². The molecular formula is C55H72N3O13S+. The number of methoxy groups -OCH3 is 1. The number of benzene rings is 3. The van der Waals surface area contributed by atoms with Gasteiger partial charge in [0, 0.05) is 85.5 Å². The third-order valence-corrected chi connectivity index (χ3v) is 13.7. The minimum absolute atomic E-state index is 0.0259. The van der Waals surface area contributed by atoms with Crippen LogP contribution in [0.3, 0.4) is 0 Å². The van der Waals surface area contributed by atoms with Crippen LogP contribution in [0.15, 0.2) is 83.8 Å². The van der Waals surface area contributed by atoms with Crippen LogP contribution in [0.4, 0.5) is 11.4 Å². The Hall–Kier alpha value is -5.53. The molecule has 4 aliphatic heterocycles. The summed E-state index contributed by atoms with van der Waals surface area (Å²) < 4.78 is 71.8. The smallest absolute Gasteiger partial charge is 0.333 e. The van der Waals surface area contributed by atoms with Crippen molar-refractivity contribution >= 4 is 61.9 Å². The highest BCUT2D eigenvalue weighted by molar-refractivity contribution is 7.85. The van der Waals surface area contributed by atoms with Crippen molar-refractivity contribution in [3.05, 3.63) is 101 Å². The fourth-order valence-corrected chi connectivity index (χ4v) is 9.81. The number of hydroxylamine groups is 2. The number of carbonyl (C=O) groups is 3. The maximum absolute atomic E-state index is 12.6. The van der Waals surface area contributed by atoms with E-state index >= 15 is 0 Å². The maximum atomic E-state index is 12.6. The number of hydrogen-bond donors (Lipinski definition) is 1. The Morgan fingerprint density at radius 1 is 0.806 bits per heavy atom. The van der Waals surface area contributed by atoms with Gasteiger partial charge >= 0.3 is 5.97 Å². The van der Waals surface area contributed by atoms with E-state index in [2.05, 4.69) is 54.5 Å². The number of carbonyl (C=O) groups excluding carboxylic acids is 3. The average Bonchev–Trinajstić information content (AvgIpc) is 3.77. The molecule has 1 N–H and O–H groups in total. The second kappa shape index (κ2) is 25.4. The summed E-state index contributed by atoms with van der Waals surface area (Å²) in [6.45, 7) is 20.1. The molecule has 4 aliphatic rings. The van der Waals surface area contributed by atoms with Gasteiger partial charge < -0.3 is 38.2 Å². The highest BCUT2D eigenvalue weighted by Crippen LogP contribution is 2.48. The molecule has 4 heterocycles. The molecule has 3 aromatic carbocycles. The van der Waals surface area contributed by atoms with E-state index in [0.29, 0.717) is 108 Å². The molecule has 3 aromatic rings. The molecule has 17 heteroatoms. The lowest BCUT2D eigenvalue weighted by Gasteiger charge is -2.44. The van der Waals surface area contributed by atoms with Crippen LogP contribution in [-0.4, -0.2) is 131 Å². The molecule has 2 amide bonds. The van der Waals surface area contributed by atoms with E-state index in [4.69, 9.17) is 33.3 Å². The zero-order valence-corrected chi connectivity index (χ0v) is 43.9. The third kappa shape index (κ3) is 13.7. The van der Waals surface area contributed by atoms with Gasteiger partial charge in [-0.2, -0.15) is 13.0 Å². The molecule has 390 valence electrons. The molecule has 0 aromatic heterocycles. The van der Waals surface area contributed by atoms with Gasteiger partial charge in [0.1, 0.15) is 18.1 Å². The Labute approximate surface area is 424 Å². The molecule has 16 nitrogen and oxygen atoms in total. The summed E-state index contributed by atoms with van der Waals surface area (Å²) in [6.07, 6.45) is 8.27. The SMILES string of the molecule is CC.COCCOCCOCCOCCOCCN1c2cc3c(cc2C(C)=CC1(C)C)/C(=C/C1=[N+](CCCCCC(=O)ON2C(=O)CCC2=O)c2ccc(S(=O)(=O)O)cc2C1(C)C)C=C(c1ccccc1)O3. The maximum Gasteiger partial charge on any atom is 0.333 e. The van der Waals surface area contributed by atoms with E-state index in [-0.39, 0.29) is 29.7 Å². The van der Waals surface area contributed by atoms with Gasteiger partial charge in [0.25, 0.3) is 21.9 Å². The summed E-state index contributed by atoms with van der Waals surface area (Å²) in [5.41, 5.74) is 7.22. The van der Waals surface area contributed by atoms with Crippen LogP contribution in [0.5, 0.6) is 5.75 Å². The number of fused-ring (bicyclic) bond motifs is 3. The molecule has 0 radical (unpaired) electrons. The van der Waals surface area contributed by atoms with Crippen molar-refractivity contribution < 1.29 is 65.2 Å². The highest BCUT2D eigenvalue weighted by Gasteiger charge is 2.46. The minimum Gasteiger partial charge on any atom is -0.456 e. The third-order valence-electron chi connectivity index (χ3n) is 12.9. The largest absolute Gasteiger partial charge is 0.456 e. The Balaban J connectivity index is 0.00000418. The second-order valence-corrected chi connectivity index (χ2v) is 20.1. The molecule has 0 aliphatic carbocycles. The average molecular weight is 1020 g/mol. The van der Waals surface area contributed by atoms with Gasteiger partial charge in [-0.05, 0) is 82.9 Å². The summed E-state index contributed by atoms with van der Waals surface area (Å²) in [4.78, 5) is 43.8. The van der Waals surface area contributed by atoms with Gasteiger partial charge in [0.15, 0.2) is 5.71 Å². The van der Waals surface area contributed by atoms with E-state index in [9.17, 15) is 27.4 Å². The highest BCUT2D eigenvalue weighted by atomic mass is 32.2. The van der Waals surface area contributed by atoms with E-state index < -0.39 is 33.3 Å². The molecular weight excluding hydrogens is 943 g/mol. The van der Waals surface area contributed by atoms with Crippen molar-refractivity contribution in [3.8, 4) is 5.75 Å². The summed E-state index contributed by atoms with van der Waals surface area (Å²) in [7, 11) is -2.86. The normalized spacial score (nSPS) is 17.2.